The van der Waals surface area contributed by atoms with Crippen molar-refractivity contribution < 1.29 is 4.74 Å². The molecule has 114 valence electrons. The van der Waals surface area contributed by atoms with Crippen LogP contribution >= 0.6 is 0 Å². The third kappa shape index (κ3) is 3.81. The maximum absolute atomic E-state index is 5.12. The van der Waals surface area contributed by atoms with Crippen LogP contribution in [0.25, 0.3) is 0 Å². The maximum Gasteiger partial charge on any atom is 0.0948 e. The van der Waals surface area contributed by atoms with Crippen molar-refractivity contribution in [1.82, 2.24) is 19.8 Å². The molecule has 1 N–H and O–H groups in total. The summed E-state index contributed by atoms with van der Waals surface area (Å²) in [5, 5.41) is 3.44. The molecule has 5 heteroatoms. The van der Waals surface area contributed by atoms with Gasteiger partial charge in [0.15, 0.2) is 0 Å². The molecule has 0 amide bonds. The van der Waals surface area contributed by atoms with Crippen molar-refractivity contribution in [3.8, 4) is 0 Å². The van der Waals surface area contributed by atoms with Gasteiger partial charge in [-0.2, -0.15) is 0 Å². The molecule has 0 atom stereocenters. The van der Waals surface area contributed by atoms with Gasteiger partial charge in [0.05, 0.1) is 12.9 Å². The average molecular weight is 280 g/mol. The molecule has 0 spiro atoms. The van der Waals surface area contributed by atoms with Gasteiger partial charge in [0.25, 0.3) is 0 Å². The van der Waals surface area contributed by atoms with Gasteiger partial charge < -0.3 is 19.5 Å². The number of hydrogen-bond acceptors (Lipinski definition) is 4. The third-order valence-electron chi connectivity index (χ3n) is 4.44. The summed E-state index contributed by atoms with van der Waals surface area (Å²) < 4.78 is 7.44. The number of likely N-dealkylation sites (N-methyl/N-ethyl adjacent to an activating group) is 1. The molecular formula is C15H28N4O. The molecule has 5 nitrogen and oxygen atoms in total. The standard InChI is InChI=1S/C15H28N4O/c1-15(4-6-16-7-5-15)14-12-17-13-19(14)9-8-18(2)10-11-20-3/h12-13,16H,4-11H2,1-3H3. The van der Waals surface area contributed by atoms with Gasteiger partial charge in [-0.3, -0.25) is 0 Å². The van der Waals surface area contributed by atoms with E-state index in [2.05, 4.69) is 39.9 Å². The molecule has 0 aromatic carbocycles. The average Bonchev–Trinajstić information content (AvgIpc) is 2.93. The fraction of sp³-hybridized carbons (Fsp3) is 0.800. The lowest BCUT2D eigenvalue weighted by Gasteiger charge is -2.34. The van der Waals surface area contributed by atoms with Crippen molar-refractivity contribution in [2.24, 2.45) is 0 Å². The molecule has 0 saturated carbocycles. The monoisotopic (exact) mass is 280 g/mol. The molecule has 1 aromatic heterocycles. The quantitative estimate of drug-likeness (QED) is 0.812. The van der Waals surface area contributed by atoms with E-state index in [0.717, 1.165) is 39.3 Å². The number of imidazole rings is 1. The van der Waals surface area contributed by atoms with E-state index in [-0.39, 0.29) is 5.41 Å². The first-order valence-electron chi connectivity index (χ1n) is 7.54. The highest BCUT2D eigenvalue weighted by Gasteiger charge is 2.31. The van der Waals surface area contributed by atoms with Crippen LogP contribution in [-0.4, -0.2) is 61.4 Å². The summed E-state index contributed by atoms with van der Waals surface area (Å²) in [6, 6.07) is 0. The van der Waals surface area contributed by atoms with E-state index in [1.54, 1.807) is 7.11 Å². The Bertz CT molecular complexity index is 398. The highest BCUT2D eigenvalue weighted by atomic mass is 16.5. The predicted molar refractivity (Wildman–Crippen MR) is 81.1 cm³/mol. The summed E-state index contributed by atoms with van der Waals surface area (Å²) in [5.74, 6) is 0. The van der Waals surface area contributed by atoms with Gasteiger partial charge in [0.2, 0.25) is 0 Å². The second-order valence-corrected chi connectivity index (χ2v) is 6.08. The molecular weight excluding hydrogens is 252 g/mol. The van der Waals surface area contributed by atoms with E-state index in [1.807, 2.05) is 6.33 Å². The molecule has 1 aliphatic heterocycles. The topological polar surface area (TPSA) is 42.3 Å². The summed E-state index contributed by atoms with van der Waals surface area (Å²) in [4.78, 5) is 6.69. The molecule has 20 heavy (non-hydrogen) atoms. The number of rotatable bonds is 7. The zero-order valence-electron chi connectivity index (χ0n) is 13.1. The highest BCUT2D eigenvalue weighted by molar-refractivity contribution is 5.15. The van der Waals surface area contributed by atoms with Gasteiger partial charge >= 0.3 is 0 Å². The number of nitrogens with zero attached hydrogens (tertiary/aromatic N) is 3. The van der Waals surface area contributed by atoms with Crippen LogP contribution in [-0.2, 0) is 16.7 Å². The largest absolute Gasteiger partial charge is 0.383 e. The fourth-order valence-corrected chi connectivity index (χ4v) is 2.87. The van der Waals surface area contributed by atoms with Gasteiger partial charge in [0.1, 0.15) is 0 Å². The van der Waals surface area contributed by atoms with Crippen LogP contribution in [0.2, 0.25) is 0 Å². The van der Waals surface area contributed by atoms with E-state index in [4.69, 9.17) is 4.74 Å². The Hall–Kier alpha value is -0.910. The van der Waals surface area contributed by atoms with Gasteiger partial charge in [-0.15, -0.1) is 0 Å². The van der Waals surface area contributed by atoms with Crippen molar-refractivity contribution in [2.75, 3.05) is 46.9 Å². The Kier molecular flexibility index (Phi) is 5.57. The predicted octanol–water partition coefficient (Wildman–Crippen LogP) is 1.10. The van der Waals surface area contributed by atoms with Gasteiger partial charge in [-0.05, 0) is 33.0 Å². The first-order chi connectivity index (χ1) is 9.65. The van der Waals surface area contributed by atoms with Crippen molar-refractivity contribution in [3.63, 3.8) is 0 Å². The Labute approximate surface area is 122 Å². The van der Waals surface area contributed by atoms with Crippen LogP contribution < -0.4 is 5.32 Å². The lowest BCUT2D eigenvalue weighted by molar-refractivity contribution is 0.159. The van der Waals surface area contributed by atoms with Gasteiger partial charge in [0, 0.05) is 44.0 Å². The minimum Gasteiger partial charge on any atom is -0.383 e. The molecule has 2 heterocycles. The minimum atomic E-state index is 0.271. The molecule has 0 radical (unpaired) electrons. The van der Waals surface area contributed by atoms with Crippen LogP contribution in [0.4, 0.5) is 0 Å². The van der Waals surface area contributed by atoms with Crippen molar-refractivity contribution >= 4 is 0 Å². The number of ether oxygens (including phenoxy) is 1. The summed E-state index contributed by atoms with van der Waals surface area (Å²) >= 11 is 0. The van der Waals surface area contributed by atoms with Crippen LogP contribution in [0.3, 0.4) is 0 Å². The number of piperidine rings is 1. The Morgan fingerprint density at radius 1 is 1.40 bits per heavy atom. The lowest BCUT2D eigenvalue weighted by atomic mass is 9.78. The second kappa shape index (κ2) is 7.20. The summed E-state index contributed by atoms with van der Waals surface area (Å²) in [6.07, 6.45) is 6.42. The Balaban J connectivity index is 1.94. The van der Waals surface area contributed by atoms with Crippen molar-refractivity contribution in [1.29, 1.82) is 0 Å². The number of hydrogen-bond donors (Lipinski definition) is 1. The maximum atomic E-state index is 5.12. The normalized spacial score (nSPS) is 18.6. The summed E-state index contributed by atoms with van der Waals surface area (Å²) in [6.45, 7) is 8.37. The fourth-order valence-electron chi connectivity index (χ4n) is 2.87. The SMILES string of the molecule is COCCN(C)CCn1cncc1C1(C)CCNCC1. The molecule has 1 aliphatic rings. The van der Waals surface area contributed by atoms with E-state index < -0.39 is 0 Å². The van der Waals surface area contributed by atoms with Crippen LogP contribution in [0.1, 0.15) is 25.5 Å². The molecule has 1 aromatic rings. The smallest absolute Gasteiger partial charge is 0.0948 e. The zero-order valence-corrected chi connectivity index (χ0v) is 13.1. The second-order valence-electron chi connectivity index (χ2n) is 6.08. The van der Waals surface area contributed by atoms with E-state index >= 15 is 0 Å². The first-order valence-corrected chi connectivity index (χ1v) is 7.54. The van der Waals surface area contributed by atoms with Gasteiger partial charge in [-0.1, -0.05) is 6.92 Å². The summed E-state index contributed by atoms with van der Waals surface area (Å²) in [5.41, 5.74) is 1.66. The number of aromatic nitrogens is 2. The zero-order chi connectivity index (χ0) is 14.4. The van der Waals surface area contributed by atoms with Crippen LogP contribution in [0.5, 0.6) is 0 Å². The molecule has 1 saturated heterocycles. The van der Waals surface area contributed by atoms with Crippen molar-refractivity contribution in [3.05, 3.63) is 18.2 Å². The number of nitrogens with one attached hydrogen (secondary N) is 1. The van der Waals surface area contributed by atoms with E-state index in [1.165, 1.54) is 18.5 Å². The molecule has 0 aliphatic carbocycles. The minimum absolute atomic E-state index is 0.271. The first kappa shape index (κ1) is 15.5. The van der Waals surface area contributed by atoms with E-state index in [0.29, 0.717) is 0 Å². The summed E-state index contributed by atoms with van der Waals surface area (Å²) in [7, 11) is 3.89. The Morgan fingerprint density at radius 2 is 2.15 bits per heavy atom. The third-order valence-corrected chi connectivity index (χ3v) is 4.44. The van der Waals surface area contributed by atoms with Gasteiger partial charge in [-0.25, -0.2) is 4.98 Å². The van der Waals surface area contributed by atoms with Crippen LogP contribution in [0, 0.1) is 0 Å². The molecule has 1 fully saturated rings. The van der Waals surface area contributed by atoms with E-state index in [9.17, 15) is 0 Å². The Morgan fingerprint density at radius 3 is 2.85 bits per heavy atom. The lowest BCUT2D eigenvalue weighted by Crippen LogP contribution is -2.39. The van der Waals surface area contributed by atoms with Crippen molar-refractivity contribution in [2.45, 2.75) is 31.7 Å². The molecule has 0 unspecified atom stereocenters. The van der Waals surface area contributed by atoms with Crippen LogP contribution in [0.15, 0.2) is 12.5 Å². The molecule has 2 rings (SSSR count). The highest BCUT2D eigenvalue weighted by Crippen LogP contribution is 2.32. The molecule has 0 bridgehead atoms. The number of methoxy groups -OCH3 is 1.